The summed E-state index contributed by atoms with van der Waals surface area (Å²) in [5, 5.41) is 6.31. The van der Waals surface area contributed by atoms with Gasteiger partial charge in [-0.1, -0.05) is 6.07 Å². The summed E-state index contributed by atoms with van der Waals surface area (Å²) < 4.78 is 10.8. The normalized spacial score (nSPS) is 15.1. The van der Waals surface area contributed by atoms with Gasteiger partial charge < -0.3 is 25.0 Å². The average molecular weight is 488 g/mol. The second kappa shape index (κ2) is 10.6. The van der Waals surface area contributed by atoms with E-state index in [4.69, 9.17) is 9.47 Å². The molecule has 8 heteroatoms. The van der Waals surface area contributed by atoms with E-state index in [0.29, 0.717) is 25.6 Å². The van der Waals surface area contributed by atoms with Crippen molar-refractivity contribution in [1.82, 2.24) is 15.5 Å². The number of rotatable bonds is 8. The van der Waals surface area contributed by atoms with Crippen molar-refractivity contribution in [3.05, 3.63) is 23.8 Å². The lowest BCUT2D eigenvalue weighted by atomic mass is 10.2. The fourth-order valence-corrected chi connectivity index (χ4v) is 2.81. The van der Waals surface area contributed by atoms with Gasteiger partial charge in [0.2, 0.25) is 12.7 Å². The first kappa shape index (κ1) is 21.6. The standard InChI is InChI=1S/C19H28N4O3.HI/c1-3-20-19(21-10-4-5-18(24)22-15-7-8-15)23(2)12-14-6-9-16-17(11-14)26-13-25-16;/h6,9,11,15H,3-5,7-8,10,12-13H2,1-2H3,(H,20,21)(H,22,24);1H. The molecular weight excluding hydrogens is 459 g/mol. The molecule has 2 N–H and O–H groups in total. The smallest absolute Gasteiger partial charge is 0.231 e. The van der Waals surface area contributed by atoms with Crippen molar-refractivity contribution in [3.8, 4) is 11.5 Å². The lowest BCUT2D eigenvalue weighted by Gasteiger charge is -2.22. The van der Waals surface area contributed by atoms with Crippen LogP contribution in [0.2, 0.25) is 0 Å². The number of nitrogens with one attached hydrogen (secondary N) is 2. The third-order valence-electron chi connectivity index (χ3n) is 4.32. The van der Waals surface area contributed by atoms with Crippen molar-refractivity contribution >= 4 is 35.8 Å². The summed E-state index contributed by atoms with van der Waals surface area (Å²) in [6.45, 7) is 4.48. The van der Waals surface area contributed by atoms with Crippen molar-refractivity contribution in [3.63, 3.8) is 0 Å². The molecule has 27 heavy (non-hydrogen) atoms. The van der Waals surface area contributed by atoms with Gasteiger partial charge in [0.25, 0.3) is 0 Å². The maximum absolute atomic E-state index is 11.7. The lowest BCUT2D eigenvalue weighted by molar-refractivity contribution is -0.121. The molecule has 0 radical (unpaired) electrons. The van der Waals surface area contributed by atoms with E-state index < -0.39 is 0 Å². The number of carbonyl (C=O) groups is 1. The number of aliphatic imine (C=N–C) groups is 1. The Hall–Kier alpha value is -1.71. The minimum atomic E-state index is 0. The Bertz CT molecular complexity index is 664. The Morgan fingerprint density at radius 2 is 2.07 bits per heavy atom. The molecule has 1 fully saturated rings. The number of fused-ring (bicyclic) bond motifs is 1. The molecule has 1 aromatic rings. The SMILES string of the molecule is CCNC(=NCCCC(=O)NC1CC1)N(C)Cc1ccc2c(c1)OCO2.I. The van der Waals surface area contributed by atoms with Crippen LogP contribution in [0.4, 0.5) is 0 Å². The minimum Gasteiger partial charge on any atom is -0.454 e. The number of benzene rings is 1. The number of ether oxygens (including phenoxy) is 2. The number of nitrogens with zero attached hydrogens (tertiary/aromatic N) is 2. The first-order chi connectivity index (χ1) is 12.7. The maximum Gasteiger partial charge on any atom is 0.231 e. The summed E-state index contributed by atoms with van der Waals surface area (Å²) >= 11 is 0. The molecule has 0 bridgehead atoms. The van der Waals surface area contributed by atoms with Crippen LogP contribution >= 0.6 is 24.0 Å². The van der Waals surface area contributed by atoms with Crippen LogP contribution < -0.4 is 20.1 Å². The zero-order valence-electron chi connectivity index (χ0n) is 16.0. The second-order valence-corrected chi connectivity index (χ2v) is 6.72. The summed E-state index contributed by atoms with van der Waals surface area (Å²) in [7, 11) is 2.01. The molecule has 0 aromatic heterocycles. The summed E-state index contributed by atoms with van der Waals surface area (Å²) in [6, 6.07) is 6.41. The monoisotopic (exact) mass is 488 g/mol. The number of amides is 1. The molecule has 0 saturated heterocycles. The number of halogens is 1. The van der Waals surface area contributed by atoms with E-state index in [2.05, 4.69) is 20.5 Å². The summed E-state index contributed by atoms with van der Waals surface area (Å²) in [4.78, 5) is 18.4. The fraction of sp³-hybridized carbons (Fsp3) is 0.579. The maximum atomic E-state index is 11.7. The lowest BCUT2D eigenvalue weighted by Crippen LogP contribution is -2.38. The van der Waals surface area contributed by atoms with E-state index in [9.17, 15) is 4.79 Å². The predicted octanol–water partition coefficient (Wildman–Crippen LogP) is 2.49. The Kier molecular flexibility index (Phi) is 8.46. The molecule has 1 saturated carbocycles. The molecule has 1 heterocycles. The average Bonchev–Trinajstić information content (AvgIpc) is 3.31. The number of guanidine groups is 1. The summed E-state index contributed by atoms with van der Waals surface area (Å²) in [6.07, 6.45) is 3.54. The van der Waals surface area contributed by atoms with Gasteiger partial charge in [0, 0.05) is 39.1 Å². The van der Waals surface area contributed by atoms with Crippen LogP contribution in [0.3, 0.4) is 0 Å². The highest BCUT2D eigenvalue weighted by Crippen LogP contribution is 2.32. The van der Waals surface area contributed by atoms with Gasteiger partial charge in [-0.3, -0.25) is 9.79 Å². The molecule has 0 spiro atoms. The highest BCUT2D eigenvalue weighted by molar-refractivity contribution is 14.0. The predicted molar refractivity (Wildman–Crippen MR) is 116 cm³/mol. The van der Waals surface area contributed by atoms with Crippen LogP contribution in [0.25, 0.3) is 0 Å². The van der Waals surface area contributed by atoms with Crippen molar-refractivity contribution in [1.29, 1.82) is 0 Å². The largest absolute Gasteiger partial charge is 0.454 e. The minimum absolute atomic E-state index is 0. The van der Waals surface area contributed by atoms with Gasteiger partial charge in [-0.05, 0) is 43.9 Å². The Morgan fingerprint density at radius 1 is 1.30 bits per heavy atom. The van der Waals surface area contributed by atoms with Gasteiger partial charge >= 0.3 is 0 Å². The summed E-state index contributed by atoms with van der Waals surface area (Å²) in [5.74, 6) is 2.56. The Labute approximate surface area is 177 Å². The molecule has 7 nitrogen and oxygen atoms in total. The van der Waals surface area contributed by atoms with Gasteiger partial charge in [0.1, 0.15) is 0 Å². The van der Waals surface area contributed by atoms with Crippen molar-refractivity contribution in [2.24, 2.45) is 4.99 Å². The van der Waals surface area contributed by atoms with E-state index in [-0.39, 0.29) is 36.7 Å². The van der Waals surface area contributed by atoms with E-state index in [1.165, 1.54) is 0 Å². The van der Waals surface area contributed by atoms with Crippen LogP contribution in [0.15, 0.2) is 23.2 Å². The molecule has 150 valence electrons. The van der Waals surface area contributed by atoms with Gasteiger partial charge in [-0.15, -0.1) is 24.0 Å². The van der Waals surface area contributed by atoms with Gasteiger partial charge in [-0.25, -0.2) is 0 Å². The molecule has 1 aliphatic heterocycles. The highest BCUT2D eigenvalue weighted by atomic mass is 127. The van der Waals surface area contributed by atoms with Gasteiger partial charge in [-0.2, -0.15) is 0 Å². The van der Waals surface area contributed by atoms with Crippen molar-refractivity contribution in [2.45, 2.75) is 45.2 Å². The first-order valence-electron chi connectivity index (χ1n) is 9.33. The Morgan fingerprint density at radius 3 is 2.81 bits per heavy atom. The van der Waals surface area contributed by atoms with Crippen LogP contribution in [-0.4, -0.2) is 49.7 Å². The van der Waals surface area contributed by atoms with Crippen LogP contribution in [0.5, 0.6) is 11.5 Å². The van der Waals surface area contributed by atoms with Crippen LogP contribution in [0, 0.1) is 0 Å². The van der Waals surface area contributed by atoms with E-state index >= 15 is 0 Å². The topological polar surface area (TPSA) is 75.2 Å². The number of carbonyl (C=O) groups excluding carboxylic acids is 1. The molecule has 1 aromatic carbocycles. The number of hydrogen-bond donors (Lipinski definition) is 2. The van der Waals surface area contributed by atoms with Crippen LogP contribution in [-0.2, 0) is 11.3 Å². The quantitative estimate of drug-likeness (QED) is 0.255. The second-order valence-electron chi connectivity index (χ2n) is 6.72. The molecule has 3 rings (SSSR count). The van der Waals surface area contributed by atoms with Crippen LogP contribution in [0.1, 0.15) is 38.2 Å². The van der Waals surface area contributed by atoms with E-state index in [1.54, 1.807) is 0 Å². The first-order valence-corrected chi connectivity index (χ1v) is 9.33. The molecule has 0 atom stereocenters. The molecule has 2 aliphatic rings. The molecule has 1 amide bonds. The number of hydrogen-bond acceptors (Lipinski definition) is 4. The third kappa shape index (κ3) is 6.75. The fourth-order valence-electron chi connectivity index (χ4n) is 2.81. The molecular formula is C19H29IN4O3. The molecule has 0 unspecified atom stereocenters. The zero-order chi connectivity index (χ0) is 18.4. The molecule has 1 aliphatic carbocycles. The van der Waals surface area contributed by atoms with Crippen molar-refractivity contribution in [2.75, 3.05) is 26.9 Å². The Balaban J connectivity index is 0.00000261. The van der Waals surface area contributed by atoms with E-state index in [1.807, 2.05) is 32.2 Å². The van der Waals surface area contributed by atoms with Crippen molar-refractivity contribution < 1.29 is 14.3 Å². The van der Waals surface area contributed by atoms with E-state index in [0.717, 1.165) is 48.8 Å². The van der Waals surface area contributed by atoms with Gasteiger partial charge in [0.05, 0.1) is 0 Å². The zero-order valence-corrected chi connectivity index (χ0v) is 18.3. The summed E-state index contributed by atoms with van der Waals surface area (Å²) in [5.41, 5.74) is 1.13. The third-order valence-corrected chi connectivity index (χ3v) is 4.32. The van der Waals surface area contributed by atoms with Gasteiger partial charge in [0.15, 0.2) is 17.5 Å². The highest BCUT2D eigenvalue weighted by Gasteiger charge is 2.22.